The van der Waals surface area contributed by atoms with E-state index in [4.69, 9.17) is 0 Å². The minimum Gasteiger partial charge on any atom is -0.354 e. The molecule has 0 atom stereocenters. The lowest BCUT2D eigenvalue weighted by atomic mass is 10.1. The van der Waals surface area contributed by atoms with Crippen molar-refractivity contribution in [1.82, 2.24) is 24.1 Å². The number of hydrogen-bond donors (Lipinski definition) is 0. The van der Waals surface area contributed by atoms with Crippen LogP contribution in [0, 0.1) is 13.8 Å². The summed E-state index contributed by atoms with van der Waals surface area (Å²) < 4.78 is 53.5. The lowest BCUT2D eigenvalue weighted by Crippen LogP contribution is -2.49. The van der Waals surface area contributed by atoms with Gasteiger partial charge in [-0.2, -0.15) is 18.2 Å². The van der Waals surface area contributed by atoms with E-state index < -0.39 is 16.6 Å². The first-order valence-corrected chi connectivity index (χ1v) is 11.2. The molecule has 0 saturated carbocycles. The average Bonchev–Trinajstić information content (AvgIpc) is 3.17. The van der Waals surface area contributed by atoms with Gasteiger partial charge in [0.25, 0.3) is 0 Å². The number of nitrogens with zero attached hydrogens (tertiary/aromatic N) is 6. The van der Waals surface area contributed by atoms with Crippen LogP contribution < -0.4 is 4.90 Å². The summed E-state index contributed by atoms with van der Waals surface area (Å²) in [4.78, 5) is 10.5. The van der Waals surface area contributed by atoms with Crippen LogP contribution in [-0.4, -0.2) is 58.7 Å². The minimum absolute atomic E-state index is 0.0732. The number of aromatic nitrogens is 4. The van der Waals surface area contributed by atoms with Crippen LogP contribution in [0.5, 0.6) is 0 Å². The van der Waals surface area contributed by atoms with E-state index in [0.717, 1.165) is 23.0 Å². The lowest BCUT2D eigenvalue weighted by molar-refractivity contribution is 0.0541. The van der Waals surface area contributed by atoms with E-state index in [1.54, 1.807) is 0 Å². The maximum atomic E-state index is 13.0. The lowest BCUT2D eigenvalue weighted by Gasteiger charge is -2.34. The van der Waals surface area contributed by atoms with E-state index in [-0.39, 0.29) is 23.7 Å². The number of sulfonamides is 1. The molecule has 31 heavy (non-hydrogen) atoms. The van der Waals surface area contributed by atoms with Gasteiger partial charge in [-0.3, -0.25) is 0 Å². The van der Waals surface area contributed by atoms with Gasteiger partial charge in [0.2, 0.25) is 10.0 Å². The molecule has 1 aromatic carbocycles. The number of hydrogen-bond acceptors (Lipinski definition) is 6. The molecule has 11 heteroatoms. The highest BCUT2D eigenvalue weighted by Crippen LogP contribution is 2.26. The highest BCUT2D eigenvalue weighted by Gasteiger charge is 2.32. The molecule has 0 N–H and O–H groups in total. The summed E-state index contributed by atoms with van der Waals surface area (Å²) in [6, 6.07) is 9.89. The molecule has 2 aromatic heterocycles. The van der Waals surface area contributed by atoms with E-state index in [9.17, 15) is 17.2 Å². The molecule has 0 unspecified atom stereocenters. The molecule has 8 nitrogen and oxygen atoms in total. The second kappa shape index (κ2) is 8.31. The molecule has 1 aliphatic rings. The molecule has 0 aliphatic carbocycles. The zero-order valence-corrected chi connectivity index (χ0v) is 17.9. The number of alkyl halides is 2. The van der Waals surface area contributed by atoms with Crippen LogP contribution in [0.3, 0.4) is 0 Å². The second-order valence-corrected chi connectivity index (χ2v) is 9.24. The van der Waals surface area contributed by atoms with Crippen molar-refractivity contribution in [2.45, 2.75) is 25.3 Å². The summed E-state index contributed by atoms with van der Waals surface area (Å²) in [7, 11) is -3.91. The predicted molar refractivity (Wildman–Crippen MR) is 111 cm³/mol. The van der Waals surface area contributed by atoms with Crippen molar-refractivity contribution in [2.75, 3.05) is 31.1 Å². The fourth-order valence-electron chi connectivity index (χ4n) is 3.56. The summed E-state index contributed by atoms with van der Waals surface area (Å²) >= 11 is 0. The van der Waals surface area contributed by atoms with Gasteiger partial charge in [0.15, 0.2) is 0 Å². The van der Waals surface area contributed by atoms with Crippen LogP contribution >= 0.6 is 0 Å². The Hall–Kier alpha value is -2.92. The van der Waals surface area contributed by atoms with Crippen LogP contribution in [0.1, 0.15) is 17.8 Å². The number of rotatable bonds is 5. The molecule has 1 aliphatic heterocycles. The molecule has 0 spiro atoms. The van der Waals surface area contributed by atoms with E-state index in [2.05, 4.69) is 15.1 Å². The Labute approximate surface area is 179 Å². The quantitative estimate of drug-likeness (QED) is 0.597. The smallest absolute Gasteiger partial charge is 0.333 e. The number of benzene rings is 1. The van der Waals surface area contributed by atoms with Crippen molar-refractivity contribution < 1.29 is 17.2 Å². The molecule has 4 rings (SSSR count). The summed E-state index contributed by atoms with van der Waals surface area (Å²) in [5.74, 6) is 0.712. The van der Waals surface area contributed by atoms with Crippen molar-refractivity contribution in [3.05, 3.63) is 54.1 Å². The Balaban J connectivity index is 1.49. The molecule has 0 amide bonds. The number of piperazine rings is 1. The van der Waals surface area contributed by atoms with Crippen LogP contribution in [0.2, 0.25) is 0 Å². The Bertz CT molecular complexity index is 1170. The van der Waals surface area contributed by atoms with Gasteiger partial charge in [-0.15, -0.1) is 0 Å². The Morgan fingerprint density at radius 1 is 1.00 bits per heavy atom. The standard InChI is InChI=1S/C20H22F2N6O2S/c1-14-3-5-16(6-4-14)17-11-19(24-13-23-17)26-7-9-27(10-8-26)31(29,30)18-12-25-28(15(18)2)20(21)22/h3-6,11-13,20H,7-10H2,1-2H3. The van der Waals surface area contributed by atoms with Gasteiger partial charge in [-0.25, -0.2) is 23.1 Å². The summed E-state index contributed by atoms with van der Waals surface area (Å²) in [5.41, 5.74) is 2.85. The van der Waals surface area contributed by atoms with E-state index in [1.807, 2.05) is 42.2 Å². The zero-order chi connectivity index (χ0) is 22.2. The summed E-state index contributed by atoms with van der Waals surface area (Å²) in [6.07, 6.45) is 2.48. The Morgan fingerprint density at radius 3 is 2.29 bits per heavy atom. The normalized spacial score (nSPS) is 15.6. The number of aryl methyl sites for hydroxylation is 1. The van der Waals surface area contributed by atoms with Gasteiger partial charge in [0, 0.05) is 37.8 Å². The maximum Gasteiger partial charge on any atom is 0.333 e. The van der Waals surface area contributed by atoms with Crippen molar-refractivity contribution in [2.24, 2.45) is 0 Å². The summed E-state index contributed by atoms with van der Waals surface area (Å²) in [5, 5.41) is 3.52. The SMILES string of the molecule is Cc1ccc(-c2cc(N3CCN(S(=O)(=O)c4cnn(C(F)F)c4C)CC3)ncn2)cc1. The number of anilines is 1. The van der Waals surface area contributed by atoms with E-state index in [0.29, 0.717) is 23.6 Å². The molecular weight excluding hydrogens is 426 g/mol. The molecule has 3 aromatic rings. The average molecular weight is 448 g/mol. The van der Waals surface area contributed by atoms with E-state index in [1.165, 1.54) is 17.6 Å². The van der Waals surface area contributed by atoms with Gasteiger partial charge >= 0.3 is 6.55 Å². The third-order valence-corrected chi connectivity index (χ3v) is 7.37. The topological polar surface area (TPSA) is 84.2 Å². The van der Waals surface area contributed by atoms with Crippen LogP contribution in [0.4, 0.5) is 14.6 Å². The first kappa shape index (κ1) is 21.3. The highest BCUT2D eigenvalue weighted by atomic mass is 32.2. The largest absolute Gasteiger partial charge is 0.354 e. The predicted octanol–water partition coefficient (Wildman–Crippen LogP) is 2.86. The van der Waals surface area contributed by atoms with E-state index >= 15 is 0 Å². The molecular formula is C20H22F2N6O2S. The third-order valence-electron chi connectivity index (χ3n) is 5.36. The molecule has 3 heterocycles. The molecule has 0 radical (unpaired) electrons. The Kier molecular flexibility index (Phi) is 5.71. The maximum absolute atomic E-state index is 13.0. The monoisotopic (exact) mass is 448 g/mol. The first-order chi connectivity index (χ1) is 14.8. The van der Waals surface area contributed by atoms with Crippen molar-refractivity contribution >= 4 is 15.8 Å². The Morgan fingerprint density at radius 2 is 1.68 bits per heavy atom. The fraction of sp³-hybridized carbons (Fsp3) is 0.350. The molecule has 0 bridgehead atoms. The van der Waals surface area contributed by atoms with Crippen LogP contribution in [0.15, 0.2) is 47.8 Å². The van der Waals surface area contributed by atoms with Crippen molar-refractivity contribution in [1.29, 1.82) is 0 Å². The van der Waals surface area contributed by atoms with Gasteiger partial charge in [-0.1, -0.05) is 29.8 Å². The molecule has 1 fully saturated rings. The van der Waals surface area contributed by atoms with Crippen molar-refractivity contribution in [3.8, 4) is 11.3 Å². The molecule has 164 valence electrons. The zero-order valence-electron chi connectivity index (χ0n) is 17.1. The van der Waals surface area contributed by atoms with Crippen molar-refractivity contribution in [3.63, 3.8) is 0 Å². The van der Waals surface area contributed by atoms with Crippen LogP contribution in [-0.2, 0) is 10.0 Å². The van der Waals surface area contributed by atoms with Gasteiger partial charge in [-0.05, 0) is 13.8 Å². The van der Waals surface area contributed by atoms with Crippen LogP contribution in [0.25, 0.3) is 11.3 Å². The minimum atomic E-state index is -3.91. The first-order valence-electron chi connectivity index (χ1n) is 9.74. The van der Waals surface area contributed by atoms with Gasteiger partial charge < -0.3 is 4.90 Å². The third kappa shape index (κ3) is 4.15. The van der Waals surface area contributed by atoms with Gasteiger partial charge in [0.05, 0.1) is 17.6 Å². The van der Waals surface area contributed by atoms with Gasteiger partial charge in [0.1, 0.15) is 17.0 Å². The fourth-order valence-corrected chi connectivity index (χ4v) is 5.13. The molecule has 1 saturated heterocycles. The highest BCUT2D eigenvalue weighted by molar-refractivity contribution is 7.89. The summed E-state index contributed by atoms with van der Waals surface area (Å²) in [6.45, 7) is 1.73. The second-order valence-electron chi connectivity index (χ2n) is 7.34. The number of halogens is 2.